The molecular weight excluding hydrogens is 504 g/mol. The van der Waals surface area contributed by atoms with Gasteiger partial charge in [0.25, 0.3) is 5.91 Å². The van der Waals surface area contributed by atoms with Crippen LogP contribution in [0, 0.1) is 5.92 Å². The van der Waals surface area contributed by atoms with Gasteiger partial charge < -0.3 is 25.4 Å². The van der Waals surface area contributed by atoms with Gasteiger partial charge in [0.1, 0.15) is 11.6 Å². The van der Waals surface area contributed by atoms with Crippen molar-refractivity contribution >= 4 is 29.9 Å². The van der Waals surface area contributed by atoms with Gasteiger partial charge >= 0.3 is 12.2 Å². The molecule has 218 valence electrons. The number of nitrogens with zero attached hydrogens (tertiary/aromatic N) is 1. The summed E-state index contributed by atoms with van der Waals surface area (Å²) < 4.78 is 10.3. The lowest BCUT2D eigenvalue weighted by Crippen LogP contribution is -2.47. The molecule has 11 heteroatoms. The van der Waals surface area contributed by atoms with Crippen LogP contribution in [-0.2, 0) is 23.9 Å². The molecule has 2 atom stereocenters. The van der Waals surface area contributed by atoms with E-state index in [1.807, 2.05) is 19.1 Å². The first kappa shape index (κ1) is 31.8. The van der Waals surface area contributed by atoms with Crippen LogP contribution in [0.4, 0.5) is 9.59 Å². The molecule has 1 heterocycles. The molecule has 2 unspecified atom stereocenters. The molecule has 1 saturated heterocycles. The van der Waals surface area contributed by atoms with E-state index in [0.717, 1.165) is 19.3 Å². The van der Waals surface area contributed by atoms with Crippen molar-refractivity contribution in [2.75, 3.05) is 26.2 Å². The molecule has 1 aliphatic heterocycles. The molecule has 0 radical (unpaired) electrons. The van der Waals surface area contributed by atoms with Crippen LogP contribution in [0.3, 0.4) is 0 Å². The highest BCUT2D eigenvalue weighted by Crippen LogP contribution is 2.31. The first-order valence-electron chi connectivity index (χ1n) is 13.9. The van der Waals surface area contributed by atoms with Crippen LogP contribution < -0.4 is 16.0 Å². The lowest BCUT2D eigenvalue weighted by Gasteiger charge is -2.20. The van der Waals surface area contributed by atoms with E-state index in [2.05, 4.69) is 16.0 Å². The van der Waals surface area contributed by atoms with Crippen LogP contribution in [0.25, 0.3) is 0 Å². The summed E-state index contributed by atoms with van der Waals surface area (Å²) in [6.07, 6.45) is 9.17. The Morgan fingerprint density at radius 1 is 1.03 bits per heavy atom. The molecule has 2 aliphatic rings. The van der Waals surface area contributed by atoms with Crippen molar-refractivity contribution < 1.29 is 33.4 Å². The van der Waals surface area contributed by atoms with Gasteiger partial charge in [0.15, 0.2) is 0 Å². The number of fused-ring (bicyclic) bond motifs is 1. The van der Waals surface area contributed by atoms with Gasteiger partial charge in [-0.05, 0) is 65.7 Å². The number of likely N-dealkylation sites (tertiary alicyclic amines) is 1. The first-order chi connectivity index (χ1) is 18.5. The fourth-order valence-electron chi connectivity index (χ4n) is 4.22. The molecule has 0 saturated carbocycles. The van der Waals surface area contributed by atoms with Crippen LogP contribution in [0.1, 0.15) is 79.1 Å². The number of nitrogens with one attached hydrogen (secondary N) is 3. The predicted molar refractivity (Wildman–Crippen MR) is 146 cm³/mol. The number of rotatable bonds is 15. The van der Waals surface area contributed by atoms with Crippen molar-refractivity contribution in [1.29, 1.82) is 0 Å². The molecule has 0 spiro atoms. The van der Waals surface area contributed by atoms with Gasteiger partial charge in [-0.15, -0.1) is 0 Å². The number of ether oxygens (including phenoxy) is 2. The Labute approximate surface area is 231 Å². The second-order valence-corrected chi connectivity index (χ2v) is 10.7. The Morgan fingerprint density at radius 3 is 2.46 bits per heavy atom. The monoisotopic (exact) mass is 548 g/mol. The average molecular weight is 549 g/mol. The number of allylic oxidation sites excluding steroid dienone is 3. The van der Waals surface area contributed by atoms with E-state index in [1.165, 1.54) is 4.90 Å². The maximum atomic E-state index is 12.8. The summed E-state index contributed by atoms with van der Waals surface area (Å²) in [4.78, 5) is 63.1. The number of hydrogen-bond donors (Lipinski definition) is 3. The zero-order valence-corrected chi connectivity index (χ0v) is 23.7. The van der Waals surface area contributed by atoms with E-state index in [-0.39, 0.29) is 36.8 Å². The Kier molecular flexibility index (Phi) is 13.0. The van der Waals surface area contributed by atoms with E-state index in [9.17, 15) is 24.0 Å². The number of carbonyl (C=O) groups is 5. The highest BCUT2D eigenvalue weighted by molar-refractivity contribution is 6.15. The van der Waals surface area contributed by atoms with Crippen LogP contribution in [0.5, 0.6) is 0 Å². The van der Waals surface area contributed by atoms with Crippen molar-refractivity contribution in [3.05, 3.63) is 23.8 Å². The van der Waals surface area contributed by atoms with E-state index in [0.29, 0.717) is 50.8 Å². The Balaban J connectivity index is 1.73. The molecule has 39 heavy (non-hydrogen) atoms. The second-order valence-electron chi connectivity index (χ2n) is 10.7. The van der Waals surface area contributed by atoms with Crippen molar-refractivity contribution in [1.82, 2.24) is 20.9 Å². The summed E-state index contributed by atoms with van der Waals surface area (Å²) in [5.74, 6) is -1.03. The zero-order valence-electron chi connectivity index (χ0n) is 23.7. The summed E-state index contributed by atoms with van der Waals surface area (Å²) in [6, 6.07) is -0.815. The number of alkyl carbamates (subject to hydrolysis) is 2. The smallest absolute Gasteiger partial charge is 0.407 e. The number of hydrogen-bond acceptors (Lipinski definition) is 7. The third-order valence-electron chi connectivity index (χ3n) is 6.25. The van der Waals surface area contributed by atoms with Crippen LogP contribution in [0.2, 0.25) is 0 Å². The number of imide groups is 1. The molecule has 0 bridgehead atoms. The van der Waals surface area contributed by atoms with E-state index < -0.39 is 23.8 Å². The lowest BCUT2D eigenvalue weighted by atomic mass is 9.94. The minimum absolute atomic E-state index is 0.134. The van der Waals surface area contributed by atoms with Gasteiger partial charge in [-0.3, -0.25) is 19.3 Å². The second kappa shape index (κ2) is 15.9. The van der Waals surface area contributed by atoms with Crippen molar-refractivity contribution in [3.63, 3.8) is 0 Å². The van der Waals surface area contributed by atoms with Crippen molar-refractivity contribution in [2.45, 2.75) is 90.7 Å². The van der Waals surface area contributed by atoms with Crippen molar-refractivity contribution in [2.24, 2.45) is 5.92 Å². The highest BCUT2D eigenvalue weighted by Gasteiger charge is 2.42. The Morgan fingerprint density at radius 2 is 1.77 bits per heavy atom. The minimum atomic E-state index is -0.815. The standard InChI is InChI=1S/C28H44N4O7/c1-5-6-19-38-27(37)31-22(15-12-17-30-26(36)39-28(2,3)4)23(33)29-16-10-7-11-18-32-24(34)20-13-8-9-14-21(20)25(32)35/h8-9,13,21-22H,5-7,10-12,14-19H2,1-4H3,(H,29,33)(H,30,36)(H,31,37). The van der Waals surface area contributed by atoms with Gasteiger partial charge in [0, 0.05) is 25.2 Å². The van der Waals surface area contributed by atoms with Gasteiger partial charge in [0.2, 0.25) is 11.8 Å². The zero-order chi connectivity index (χ0) is 28.8. The van der Waals surface area contributed by atoms with E-state index in [1.54, 1.807) is 26.8 Å². The number of unbranched alkanes of at least 4 members (excludes halogenated alkanes) is 3. The number of carbonyl (C=O) groups excluding carboxylic acids is 5. The van der Waals surface area contributed by atoms with Crippen LogP contribution in [-0.4, -0.2) is 72.7 Å². The van der Waals surface area contributed by atoms with Gasteiger partial charge in [0.05, 0.1) is 12.5 Å². The Hall–Kier alpha value is -3.37. The highest BCUT2D eigenvalue weighted by atomic mass is 16.6. The third-order valence-corrected chi connectivity index (χ3v) is 6.25. The fraction of sp³-hybridized carbons (Fsp3) is 0.679. The normalized spacial score (nSPS) is 17.3. The summed E-state index contributed by atoms with van der Waals surface area (Å²) in [5, 5.41) is 8.10. The van der Waals surface area contributed by atoms with Crippen LogP contribution >= 0.6 is 0 Å². The molecule has 3 N–H and O–H groups in total. The molecule has 0 aromatic heterocycles. The molecule has 1 fully saturated rings. The van der Waals surface area contributed by atoms with E-state index >= 15 is 0 Å². The summed E-state index contributed by atoms with van der Waals surface area (Å²) in [6.45, 7) is 8.60. The summed E-state index contributed by atoms with van der Waals surface area (Å²) >= 11 is 0. The summed E-state index contributed by atoms with van der Waals surface area (Å²) in [5.41, 5.74) is -0.0358. The quantitative estimate of drug-likeness (QED) is 0.210. The topological polar surface area (TPSA) is 143 Å². The van der Waals surface area contributed by atoms with Gasteiger partial charge in [-0.25, -0.2) is 9.59 Å². The average Bonchev–Trinajstić information content (AvgIpc) is 3.11. The maximum Gasteiger partial charge on any atom is 0.407 e. The largest absolute Gasteiger partial charge is 0.450 e. The maximum absolute atomic E-state index is 12.8. The van der Waals surface area contributed by atoms with Crippen molar-refractivity contribution in [3.8, 4) is 0 Å². The van der Waals surface area contributed by atoms with Gasteiger partial charge in [-0.2, -0.15) is 0 Å². The first-order valence-corrected chi connectivity index (χ1v) is 13.9. The third kappa shape index (κ3) is 11.1. The summed E-state index contributed by atoms with van der Waals surface area (Å²) in [7, 11) is 0. The number of amides is 5. The van der Waals surface area contributed by atoms with E-state index in [4.69, 9.17) is 9.47 Å². The lowest BCUT2D eigenvalue weighted by molar-refractivity contribution is -0.139. The fourth-order valence-corrected chi connectivity index (χ4v) is 4.22. The molecular formula is C28H44N4O7. The van der Waals surface area contributed by atoms with Crippen LogP contribution in [0.15, 0.2) is 23.8 Å². The van der Waals surface area contributed by atoms with Gasteiger partial charge in [-0.1, -0.05) is 31.6 Å². The molecule has 1 aliphatic carbocycles. The Bertz CT molecular complexity index is 939. The molecule has 0 aromatic carbocycles. The molecule has 11 nitrogen and oxygen atoms in total. The molecule has 0 aromatic rings. The SMILES string of the molecule is CCCCOC(=O)NC(CCCNC(=O)OC(C)(C)C)C(=O)NCCCCCN1C(=O)C2=CC=CCC2C1=O. The predicted octanol–water partition coefficient (Wildman–Crippen LogP) is 3.34. The molecule has 2 rings (SSSR count). The minimum Gasteiger partial charge on any atom is -0.450 e. The molecule has 5 amide bonds.